The van der Waals surface area contributed by atoms with Gasteiger partial charge in [-0.3, -0.25) is 5.43 Å². The van der Waals surface area contributed by atoms with Gasteiger partial charge in [0.05, 0.1) is 12.4 Å². The van der Waals surface area contributed by atoms with Crippen molar-refractivity contribution in [2.45, 2.75) is 32.1 Å². The minimum Gasteiger partial charge on any atom is -0.259 e. The van der Waals surface area contributed by atoms with E-state index in [4.69, 9.17) is 0 Å². The molecule has 1 aromatic carbocycles. The van der Waals surface area contributed by atoms with Crippen molar-refractivity contribution in [3.63, 3.8) is 0 Å². The number of fused-ring (bicyclic) bond motifs is 1. The van der Waals surface area contributed by atoms with E-state index in [9.17, 15) is 0 Å². The molecule has 0 saturated heterocycles. The average Bonchev–Trinajstić information content (AvgIpc) is 2.56. The van der Waals surface area contributed by atoms with Gasteiger partial charge in [0.1, 0.15) is 0 Å². The summed E-state index contributed by atoms with van der Waals surface area (Å²) < 4.78 is 0. The molecule has 108 valence electrons. The first kappa shape index (κ1) is 13.7. The van der Waals surface area contributed by atoms with Crippen LogP contribution in [0, 0.1) is 5.92 Å². The van der Waals surface area contributed by atoms with E-state index in [2.05, 4.69) is 27.3 Å². The molecule has 1 aliphatic carbocycles. The minimum atomic E-state index is 0.586. The number of nitrogens with zero attached hydrogens (tertiary/aromatic N) is 3. The fourth-order valence-electron chi connectivity index (χ4n) is 2.87. The molecule has 1 aliphatic rings. The van der Waals surface area contributed by atoms with Crippen LogP contribution in [0.15, 0.2) is 47.7 Å². The van der Waals surface area contributed by atoms with E-state index in [1.54, 1.807) is 6.20 Å². The predicted molar refractivity (Wildman–Crippen MR) is 87.4 cm³/mol. The Morgan fingerprint density at radius 2 is 2.05 bits per heavy atom. The lowest BCUT2D eigenvalue weighted by Crippen LogP contribution is -2.09. The fourth-order valence-corrected chi connectivity index (χ4v) is 2.87. The van der Waals surface area contributed by atoms with E-state index >= 15 is 0 Å². The number of allylic oxidation sites excluding steroid dienone is 1. The number of nitrogens with one attached hydrogen (secondary N) is 1. The van der Waals surface area contributed by atoms with Crippen molar-refractivity contribution < 1.29 is 0 Å². The summed E-state index contributed by atoms with van der Waals surface area (Å²) in [6.45, 7) is 4.15. The molecule has 0 spiro atoms. The highest BCUT2D eigenvalue weighted by Crippen LogP contribution is 2.28. The summed E-state index contributed by atoms with van der Waals surface area (Å²) in [6.07, 6.45) is 10.0. The maximum Gasteiger partial charge on any atom is 0.176 e. The van der Waals surface area contributed by atoms with Crippen LogP contribution in [0.3, 0.4) is 0 Å². The summed E-state index contributed by atoms with van der Waals surface area (Å²) in [4.78, 5) is 0. The minimum absolute atomic E-state index is 0.586. The van der Waals surface area contributed by atoms with Gasteiger partial charge in [-0.2, -0.15) is 10.2 Å². The van der Waals surface area contributed by atoms with Crippen LogP contribution in [-0.2, 0) is 0 Å². The van der Waals surface area contributed by atoms with E-state index in [1.807, 2.05) is 30.5 Å². The van der Waals surface area contributed by atoms with Crippen molar-refractivity contribution in [3.05, 3.63) is 42.6 Å². The molecule has 0 aliphatic heterocycles. The zero-order valence-electron chi connectivity index (χ0n) is 12.1. The Balaban J connectivity index is 1.68. The number of anilines is 1. The molecule has 0 radical (unpaired) electrons. The molecule has 2 aromatic rings. The molecular weight excluding hydrogens is 260 g/mol. The van der Waals surface area contributed by atoms with Crippen molar-refractivity contribution in [1.82, 2.24) is 10.2 Å². The molecule has 1 saturated carbocycles. The lowest BCUT2D eigenvalue weighted by molar-refractivity contribution is 0.413. The predicted octanol–water partition coefficient (Wildman–Crippen LogP) is 4.16. The molecule has 0 bridgehead atoms. The molecule has 0 amide bonds. The van der Waals surface area contributed by atoms with Gasteiger partial charge in [0.15, 0.2) is 5.82 Å². The van der Waals surface area contributed by atoms with Gasteiger partial charge in [0.25, 0.3) is 0 Å². The van der Waals surface area contributed by atoms with Crippen molar-refractivity contribution in [3.8, 4) is 0 Å². The topological polar surface area (TPSA) is 50.2 Å². The lowest BCUT2D eigenvalue weighted by atomic mass is 9.85. The van der Waals surface area contributed by atoms with Gasteiger partial charge in [0, 0.05) is 10.8 Å². The summed E-state index contributed by atoms with van der Waals surface area (Å²) in [5.41, 5.74) is 4.10. The molecule has 1 heterocycles. The van der Waals surface area contributed by atoms with Crippen molar-refractivity contribution in [2.24, 2.45) is 11.0 Å². The molecule has 0 unspecified atom stereocenters. The van der Waals surface area contributed by atoms with Crippen LogP contribution in [0.1, 0.15) is 32.1 Å². The van der Waals surface area contributed by atoms with E-state index in [-0.39, 0.29) is 0 Å². The molecular formula is C17H20N4. The number of benzene rings is 1. The largest absolute Gasteiger partial charge is 0.259 e. The van der Waals surface area contributed by atoms with Gasteiger partial charge in [-0.1, -0.05) is 50.1 Å². The number of hydrogen-bond donors (Lipinski definition) is 1. The highest BCUT2D eigenvalue weighted by atomic mass is 15.3. The third kappa shape index (κ3) is 3.27. The Hall–Kier alpha value is -2.23. The summed E-state index contributed by atoms with van der Waals surface area (Å²) in [7, 11) is 0. The van der Waals surface area contributed by atoms with Crippen LogP contribution in [0.2, 0.25) is 0 Å². The van der Waals surface area contributed by atoms with E-state index in [0.29, 0.717) is 11.7 Å². The van der Waals surface area contributed by atoms with Crippen LogP contribution in [0.5, 0.6) is 0 Å². The van der Waals surface area contributed by atoms with Gasteiger partial charge in [0.2, 0.25) is 0 Å². The molecule has 1 N–H and O–H groups in total. The second-order valence-electron chi connectivity index (χ2n) is 5.56. The zero-order chi connectivity index (χ0) is 14.5. The number of rotatable bonds is 4. The first-order valence-corrected chi connectivity index (χ1v) is 7.53. The van der Waals surface area contributed by atoms with Crippen molar-refractivity contribution in [1.29, 1.82) is 0 Å². The zero-order valence-corrected chi connectivity index (χ0v) is 12.1. The van der Waals surface area contributed by atoms with E-state index in [0.717, 1.165) is 16.3 Å². The maximum absolute atomic E-state index is 4.29. The van der Waals surface area contributed by atoms with Gasteiger partial charge in [-0.15, -0.1) is 5.10 Å². The van der Waals surface area contributed by atoms with Crippen LogP contribution < -0.4 is 5.43 Å². The monoisotopic (exact) mass is 280 g/mol. The third-order valence-corrected chi connectivity index (χ3v) is 4.10. The van der Waals surface area contributed by atoms with Gasteiger partial charge >= 0.3 is 0 Å². The van der Waals surface area contributed by atoms with E-state index in [1.165, 1.54) is 32.1 Å². The Bertz CT molecular complexity index is 651. The summed E-state index contributed by atoms with van der Waals surface area (Å²) in [5, 5.41) is 14.5. The maximum atomic E-state index is 4.29. The number of aromatic nitrogens is 2. The normalized spacial score (nSPS) is 16.4. The molecule has 3 rings (SSSR count). The lowest BCUT2D eigenvalue weighted by Gasteiger charge is -2.21. The van der Waals surface area contributed by atoms with Crippen LogP contribution in [0.25, 0.3) is 10.8 Å². The Labute approximate surface area is 125 Å². The number of hydrazone groups is 1. The Morgan fingerprint density at radius 1 is 1.24 bits per heavy atom. The first-order chi connectivity index (χ1) is 10.3. The molecule has 0 atom stereocenters. The fraction of sp³-hybridized carbons (Fsp3) is 0.353. The quantitative estimate of drug-likeness (QED) is 0.675. The third-order valence-electron chi connectivity index (χ3n) is 4.10. The first-order valence-electron chi connectivity index (χ1n) is 7.53. The molecule has 4 nitrogen and oxygen atoms in total. The summed E-state index contributed by atoms with van der Waals surface area (Å²) in [5.74, 6) is 1.27. The number of hydrogen-bond acceptors (Lipinski definition) is 4. The standard InChI is InChI=1S/C17H20N4/c1-13(14-7-3-2-4-8-14)11-18-20-17-16-10-6-5-9-15(16)12-19-21-17/h5-6,9-12,14H,1-4,7-8H2,(H,20,21)/b18-11-. The van der Waals surface area contributed by atoms with Gasteiger partial charge < -0.3 is 0 Å². The molecule has 1 fully saturated rings. The second kappa shape index (κ2) is 6.48. The summed E-state index contributed by atoms with van der Waals surface area (Å²) >= 11 is 0. The van der Waals surface area contributed by atoms with Crippen LogP contribution in [-0.4, -0.2) is 16.4 Å². The second-order valence-corrected chi connectivity index (χ2v) is 5.56. The van der Waals surface area contributed by atoms with Crippen LogP contribution >= 0.6 is 0 Å². The van der Waals surface area contributed by atoms with Crippen molar-refractivity contribution >= 4 is 22.8 Å². The molecule has 1 aromatic heterocycles. The van der Waals surface area contributed by atoms with Gasteiger partial charge in [-0.25, -0.2) is 0 Å². The van der Waals surface area contributed by atoms with Crippen molar-refractivity contribution in [2.75, 3.05) is 5.43 Å². The average molecular weight is 280 g/mol. The van der Waals surface area contributed by atoms with Gasteiger partial charge in [-0.05, 0) is 24.3 Å². The highest BCUT2D eigenvalue weighted by molar-refractivity contribution is 5.91. The highest BCUT2D eigenvalue weighted by Gasteiger charge is 2.14. The molecule has 21 heavy (non-hydrogen) atoms. The van der Waals surface area contributed by atoms with Crippen LogP contribution in [0.4, 0.5) is 5.82 Å². The summed E-state index contributed by atoms with van der Waals surface area (Å²) in [6, 6.07) is 8.00. The SMILES string of the molecule is C=C(/C=N\Nc1nncc2ccccc12)C1CCCCC1. The Kier molecular flexibility index (Phi) is 4.24. The van der Waals surface area contributed by atoms with E-state index < -0.39 is 0 Å². The smallest absolute Gasteiger partial charge is 0.176 e. The molecule has 4 heteroatoms. The Morgan fingerprint density at radius 3 is 2.90 bits per heavy atom.